The van der Waals surface area contributed by atoms with Crippen LogP contribution in [-0.2, 0) is 0 Å². The molecule has 1 N–H and O–H groups in total. The summed E-state index contributed by atoms with van der Waals surface area (Å²) in [7, 11) is 0. The van der Waals surface area contributed by atoms with E-state index in [-0.39, 0.29) is 6.04 Å². The van der Waals surface area contributed by atoms with Crippen molar-refractivity contribution in [3.05, 3.63) is 151 Å². The lowest BCUT2D eigenvalue weighted by Crippen LogP contribution is -2.28. The number of benzene rings is 5. The zero-order chi connectivity index (χ0) is 25.1. The maximum Gasteiger partial charge on any atom is 0.0630 e. The van der Waals surface area contributed by atoms with E-state index in [4.69, 9.17) is 0 Å². The molecule has 6 aromatic rings. The van der Waals surface area contributed by atoms with E-state index >= 15 is 0 Å². The van der Waals surface area contributed by atoms with Gasteiger partial charge in [-0.15, -0.1) is 0 Å². The largest absolute Gasteiger partial charge is 0.355 e. The van der Waals surface area contributed by atoms with E-state index in [1.54, 1.807) is 0 Å². The summed E-state index contributed by atoms with van der Waals surface area (Å²) < 4.78 is 0. The molecule has 2 heteroatoms. The fourth-order valence-electron chi connectivity index (χ4n) is 6.32. The number of hydrogen-bond donors (Lipinski definition) is 1. The van der Waals surface area contributed by atoms with Crippen molar-refractivity contribution in [3.63, 3.8) is 0 Å². The number of aromatic amines is 1. The minimum absolute atomic E-state index is 0.260. The van der Waals surface area contributed by atoms with Crippen LogP contribution >= 0.6 is 0 Å². The molecule has 2 aliphatic rings. The quantitative estimate of drug-likeness (QED) is 0.264. The monoisotopic (exact) mass is 486 g/mol. The van der Waals surface area contributed by atoms with Crippen LogP contribution < -0.4 is 4.90 Å². The van der Waals surface area contributed by atoms with Crippen LogP contribution in [0, 0.1) is 0 Å². The molecule has 0 radical (unpaired) electrons. The average Bonchev–Trinajstić information content (AvgIpc) is 3.53. The van der Waals surface area contributed by atoms with Gasteiger partial charge in [-0.2, -0.15) is 0 Å². The van der Waals surface area contributed by atoms with E-state index in [2.05, 4.69) is 149 Å². The Morgan fingerprint density at radius 1 is 0.579 bits per heavy atom. The number of aromatic nitrogens is 1. The highest BCUT2D eigenvalue weighted by atomic mass is 15.2. The predicted octanol–water partition coefficient (Wildman–Crippen LogP) is 9.25. The van der Waals surface area contributed by atoms with Gasteiger partial charge in [-0.25, -0.2) is 0 Å². The molecule has 0 amide bonds. The van der Waals surface area contributed by atoms with Crippen LogP contribution in [0.4, 0.5) is 11.4 Å². The zero-order valence-corrected chi connectivity index (χ0v) is 20.9. The van der Waals surface area contributed by atoms with Crippen molar-refractivity contribution in [2.45, 2.75) is 12.0 Å². The van der Waals surface area contributed by atoms with Gasteiger partial charge in [0.15, 0.2) is 0 Å². The smallest absolute Gasteiger partial charge is 0.0630 e. The van der Waals surface area contributed by atoms with Crippen LogP contribution in [0.1, 0.15) is 17.0 Å². The number of fused-ring (bicyclic) bond motifs is 6. The second kappa shape index (κ2) is 8.36. The summed E-state index contributed by atoms with van der Waals surface area (Å²) >= 11 is 0. The van der Waals surface area contributed by atoms with Crippen molar-refractivity contribution >= 4 is 38.8 Å². The van der Waals surface area contributed by atoms with Gasteiger partial charge >= 0.3 is 0 Å². The number of allylic oxidation sites excluding steroid dienone is 2. The number of nitrogens with one attached hydrogen (secondary N) is 1. The Morgan fingerprint density at radius 3 is 2.18 bits per heavy atom. The van der Waals surface area contributed by atoms with Crippen molar-refractivity contribution in [3.8, 4) is 11.1 Å². The molecule has 5 aromatic carbocycles. The van der Waals surface area contributed by atoms with Crippen LogP contribution in [0.5, 0.6) is 0 Å². The molecule has 2 atom stereocenters. The third-order valence-electron chi connectivity index (χ3n) is 8.15. The SMILES string of the molecule is C1=CC2C(C=C1c1ccc3[nH]c4ccccc4c3c1)c1ccccc1N2c1ccc(-c2ccccc2)cc1. The Bertz CT molecular complexity index is 1870. The molecule has 0 saturated heterocycles. The zero-order valence-electron chi connectivity index (χ0n) is 20.9. The molecule has 0 fully saturated rings. The highest BCUT2D eigenvalue weighted by Crippen LogP contribution is 2.49. The topological polar surface area (TPSA) is 19.0 Å². The Morgan fingerprint density at radius 2 is 1.29 bits per heavy atom. The number of para-hydroxylation sites is 2. The summed E-state index contributed by atoms with van der Waals surface area (Å²) in [6.45, 7) is 0. The van der Waals surface area contributed by atoms with Crippen LogP contribution in [-0.4, -0.2) is 11.0 Å². The lowest BCUT2D eigenvalue weighted by atomic mass is 9.86. The van der Waals surface area contributed by atoms with Crippen LogP contribution in [0.15, 0.2) is 140 Å². The molecule has 0 bridgehead atoms. The number of nitrogens with zero attached hydrogens (tertiary/aromatic N) is 1. The first-order chi connectivity index (χ1) is 18.8. The molecule has 2 nitrogen and oxygen atoms in total. The Labute approximate surface area is 222 Å². The Kier molecular flexibility index (Phi) is 4.68. The Hall–Kier alpha value is -4.82. The number of H-pyrrole nitrogens is 1. The van der Waals surface area contributed by atoms with Crippen molar-refractivity contribution in [1.82, 2.24) is 4.98 Å². The predicted molar refractivity (Wildman–Crippen MR) is 160 cm³/mol. The summed E-state index contributed by atoms with van der Waals surface area (Å²) in [6.07, 6.45) is 7.18. The first kappa shape index (κ1) is 21.3. The highest BCUT2D eigenvalue weighted by Gasteiger charge is 2.38. The van der Waals surface area contributed by atoms with Gasteiger partial charge in [-0.05, 0) is 64.2 Å². The Balaban J connectivity index is 1.18. The summed E-state index contributed by atoms with van der Waals surface area (Å²) in [5, 5.41) is 2.56. The minimum Gasteiger partial charge on any atom is -0.355 e. The van der Waals surface area contributed by atoms with Crippen molar-refractivity contribution < 1.29 is 0 Å². The van der Waals surface area contributed by atoms with Gasteiger partial charge in [0, 0.05) is 39.1 Å². The van der Waals surface area contributed by atoms with Crippen LogP contribution in [0.2, 0.25) is 0 Å². The van der Waals surface area contributed by atoms with Crippen LogP contribution in [0.25, 0.3) is 38.5 Å². The van der Waals surface area contributed by atoms with E-state index in [9.17, 15) is 0 Å². The molecule has 0 spiro atoms. The van der Waals surface area contributed by atoms with Gasteiger partial charge in [0.05, 0.1) is 6.04 Å². The third kappa shape index (κ3) is 3.27. The number of hydrogen-bond acceptors (Lipinski definition) is 1. The lowest BCUT2D eigenvalue weighted by molar-refractivity contribution is 0.747. The molecule has 1 aliphatic heterocycles. The summed E-state index contributed by atoms with van der Waals surface area (Å²) in [5.74, 6) is 0.304. The van der Waals surface area contributed by atoms with E-state index in [0.29, 0.717) is 5.92 Å². The van der Waals surface area contributed by atoms with Crippen molar-refractivity contribution in [1.29, 1.82) is 0 Å². The fraction of sp³-hybridized carbons (Fsp3) is 0.0556. The van der Waals surface area contributed by atoms with Gasteiger partial charge in [-0.3, -0.25) is 0 Å². The maximum atomic E-state index is 3.55. The maximum absolute atomic E-state index is 3.55. The van der Waals surface area contributed by atoms with Gasteiger partial charge in [0.1, 0.15) is 0 Å². The molecule has 38 heavy (non-hydrogen) atoms. The van der Waals surface area contributed by atoms with Gasteiger partial charge < -0.3 is 9.88 Å². The minimum atomic E-state index is 0.260. The van der Waals surface area contributed by atoms with Crippen molar-refractivity contribution in [2.75, 3.05) is 4.90 Å². The van der Waals surface area contributed by atoms with Crippen molar-refractivity contribution in [2.24, 2.45) is 0 Å². The number of anilines is 2. The first-order valence-electron chi connectivity index (χ1n) is 13.3. The molecule has 1 aliphatic carbocycles. The summed E-state index contributed by atoms with van der Waals surface area (Å²) in [5.41, 5.74) is 11.3. The first-order valence-corrected chi connectivity index (χ1v) is 13.3. The standard InChI is InChI=1S/C36H26N2/c1-2-8-24(9-3-1)25-14-18-28(19-15-25)38-35-13-7-5-11-30(35)32-23-27(17-21-36(32)38)26-16-20-34-31(22-26)29-10-4-6-12-33(29)37-34/h1-23,32,36-37H. The highest BCUT2D eigenvalue weighted by molar-refractivity contribution is 6.08. The van der Waals surface area contributed by atoms with E-state index in [1.165, 1.54) is 61.0 Å². The summed E-state index contributed by atoms with van der Waals surface area (Å²) in [6, 6.07) is 44.1. The molecule has 1 aromatic heterocycles. The molecular weight excluding hydrogens is 460 g/mol. The number of rotatable bonds is 3. The third-order valence-corrected chi connectivity index (χ3v) is 8.15. The molecule has 8 rings (SSSR count). The average molecular weight is 487 g/mol. The van der Waals surface area contributed by atoms with Gasteiger partial charge in [0.2, 0.25) is 0 Å². The molecule has 2 heterocycles. The van der Waals surface area contributed by atoms with E-state index in [0.717, 1.165) is 0 Å². The van der Waals surface area contributed by atoms with Crippen LogP contribution in [0.3, 0.4) is 0 Å². The molecule has 180 valence electrons. The van der Waals surface area contributed by atoms with E-state index in [1.807, 2.05) is 0 Å². The second-order valence-corrected chi connectivity index (χ2v) is 10.3. The molecule has 2 unspecified atom stereocenters. The molecular formula is C36H26N2. The van der Waals surface area contributed by atoms with Gasteiger partial charge in [0.25, 0.3) is 0 Å². The lowest BCUT2D eigenvalue weighted by Gasteiger charge is -2.30. The summed E-state index contributed by atoms with van der Waals surface area (Å²) in [4.78, 5) is 6.05. The van der Waals surface area contributed by atoms with Gasteiger partial charge in [-0.1, -0.05) is 103 Å². The normalized spacial score (nSPS) is 18.0. The molecule has 0 saturated carbocycles. The second-order valence-electron chi connectivity index (χ2n) is 10.3. The van der Waals surface area contributed by atoms with E-state index < -0.39 is 0 Å². The fourth-order valence-corrected chi connectivity index (χ4v) is 6.32.